The van der Waals surface area contributed by atoms with Gasteiger partial charge in [-0.1, -0.05) is 60.7 Å². The van der Waals surface area contributed by atoms with Crippen molar-refractivity contribution in [1.29, 1.82) is 0 Å². The molecule has 2 aromatic carbocycles. The Bertz CT molecular complexity index is 1030. The largest absolute Gasteiger partial charge is 0.350 e. The normalized spacial score (nSPS) is 24.1. The van der Waals surface area contributed by atoms with E-state index >= 15 is 0 Å². The Morgan fingerprint density at radius 2 is 1.97 bits per heavy atom. The molecule has 34 heavy (non-hydrogen) atoms. The standard InChI is InChI=1S/C29H34N2O2S/c1-3-8-24-11-7-12-26(23-9-5-4-6-10-23)31(24)28(33)18-20-29(19-17-27(32)30-29)21-22-13-15-25(34-2)16-14-22/h3-7,9-10,12-16,24,26H,1,8,11,17-21H2,2H3,(H,30,32)/t24-,26+,29?/m1/s1. The van der Waals surface area contributed by atoms with E-state index in [0.717, 1.165) is 31.2 Å². The average molecular weight is 475 g/mol. The highest BCUT2D eigenvalue weighted by atomic mass is 32.2. The van der Waals surface area contributed by atoms with E-state index in [1.807, 2.05) is 24.3 Å². The predicted molar refractivity (Wildman–Crippen MR) is 140 cm³/mol. The number of nitrogens with one attached hydrogen (secondary N) is 1. The predicted octanol–water partition coefficient (Wildman–Crippen LogP) is 5.85. The van der Waals surface area contributed by atoms with Crippen molar-refractivity contribution in [2.24, 2.45) is 0 Å². The van der Waals surface area contributed by atoms with Crippen LogP contribution in [0, 0.1) is 0 Å². The molecule has 1 unspecified atom stereocenters. The molecule has 0 radical (unpaired) electrons. The molecule has 2 amide bonds. The average Bonchev–Trinajstić information content (AvgIpc) is 3.24. The highest BCUT2D eigenvalue weighted by molar-refractivity contribution is 7.98. The Morgan fingerprint density at radius 3 is 2.62 bits per heavy atom. The number of amides is 2. The van der Waals surface area contributed by atoms with Gasteiger partial charge in [-0.2, -0.15) is 0 Å². The Morgan fingerprint density at radius 1 is 1.21 bits per heavy atom. The summed E-state index contributed by atoms with van der Waals surface area (Å²) in [6.07, 6.45) is 13.0. The van der Waals surface area contributed by atoms with E-state index in [9.17, 15) is 9.59 Å². The van der Waals surface area contributed by atoms with Crippen LogP contribution in [0.1, 0.15) is 55.7 Å². The fourth-order valence-electron chi connectivity index (χ4n) is 5.27. The lowest BCUT2D eigenvalue weighted by atomic mass is 9.84. The molecular formula is C29H34N2O2S. The van der Waals surface area contributed by atoms with Gasteiger partial charge >= 0.3 is 0 Å². The number of hydrogen-bond acceptors (Lipinski definition) is 3. The van der Waals surface area contributed by atoms with Gasteiger partial charge in [0.05, 0.1) is 6.04 Å². The Kier molecular flexibility index (Phi) is 7.94. The summed E-state index contributed by atoms with van der Waals surface area (Å²) in [5.74, 6) is 0.226. The summed E-state index contributed by atoms with van der Waals surface area (Å²) < 4.78 is 0. The number of rotatable bonds is 9. The van der Waals surface area contributed by atoms with Crippen LogP contribution in [-0.4, -0.2) is 34.6 Å². The van der Waals surface area contributed by atoms with Crippen LogP contribution < -0.4 is 5.32 Å². The van der Waals surface area contributed by atoms with Gasteiger partial charge in [-0.05, 0) is 61.6 Å². The van der Waals surface area contributed by atoms with E-state index in [2.05, 4.69) is 71.6 Å². The van der Waals surface area contributed by atoms with Gasteiger partial charge < -0.3 is 10.2 Å². The summed E-state index contributed by atoms with van der Waals surface area (Å²) in [4.78, 5) is 29.2. The van der Waals surface area contributed by atoms with E-state index in [1.54, 1.807) is 11.8 Å². The topological polar surface area (TPSA) is 49.4 Å². The summed E-state index contributed by atoms with van der Waals surface area (Å²) in [5.41, 5.74) is 1.95. The summed E-state index contributed by atoms with van der Waals surface area (Å²) in [6.45, 7) is 3.92. The first-order valence-electron chi connectivity index (χ1n) is 12.1. The maximum atomic E-state index is 13.7. The van der Waals surface area contributed by atoms with Gasteiger partial charge in [0.2, 0.25) is 11.8 Å². The summed E-state index contributed by atoms with van der Waals surface area (Å²) in [5, 5.41) is 3.24. The van der Waals surface area contributed by atoms with E-state index < -0.39 is 0 Å². The molecule has 2 heterocycles. The van der Waals surface area contributed by atoms with E-state index in [0.29, 0.717) is 19.3 Å². The molecule has 1 fully saturated rings. The highest BCUT2D eigenvalue weighted by Gasteiger charge is 2.39. The molecule has 0 saturated carbocycles. The smallest absolute Gasteiger partial charge is 0.223 e. The van der Waals surface area contributed by atoms with Crippen molar-refractivity contribution < 1.29 is 9.59 Å². The molecular weight excluding hydrogens is 440 g/mol. The SMILES string of the molecule is C=CC[C@@H]1CC=C[C@@H](c2ccccc2)N1C(=O)CCC1(Cc2ccc(SC)cc2)CCC(=O)N1. The Hall–Kier alpha value is -2.79. The first kappa shape index (κ1) is 24.3. The minimum atomic E-state index is -0.366. The molecule has 2 aliphatic heterocycles. The Balaban J connectivity index is 1.52. The van der Waals surface area contributed by atoms with Crippen LogP contribution in [0.5, 0.6) is 0 Å². The van der Waals surface area contributed by atoms with Crippen LogP contribution >= 0.6 is 11.8 Å². The van der Waals surface area contributed by atoms with Gasteiger partial charge in [-0.25, -0.2) is 0 Å². The lowest BCUT2D eigenvalue weighted by Crippen LogP contribution is -2.47. The quantitative estimate of drug-likeness (QED) is 0.366. The summed E-state index contributed by atoms with van der Waals surface area (Å²) in [7, 11) is 0. The molecule has 4 rings (SSSR count). The number of hydrogen-bond donors (Lipinski definition) is 1. The van der Waals surface area contributed by atoms with E-state index in [4.69, 9.17) is 0 Å². The molecule has 5 heteroatoms. The highest BCUT2D eigenvalue weighted by Crippen LogP contribution is 2.35. The first-order valence-corrected chi connectivity index (χ1v) is 13.3. The number of carbonyl (C=O) groups excluding carboxylic acids is 2. The van der Waals surface area contributed by atoms with Crippen molar-refractivity contribution in [1.82, 2.24) is 10.2 Å². The van der Waals surface area contributed by atoms with Gasteiger partial charge in [-0.3, -0.25) is 9.59 Å². The van der Waals surface area contributed by atoms with Gasteiger partial charge in [0.15, 0.2) is 0 Å². The second-order valence-electron chi connectivity index (χ2n) is 9.35. The van der Waals surface area contributed by atoms with Crippen molar-refractivity contribution >= 4 is 23.6 Å². The molecule has 3 atom stereocenters. The zero-order valence-electron chi connectivity index (χ0n) is 19.9. The molecule has 4 nitrogen and oxygen atoms in total. The first-order chi connectivity index (χ1) is 16.5. The van der Waals surface area contributed by atoms with Crippen molar-refractivity contribution in [2.45, 2.75) is 67.5 Å². The van der Waals surface area contributed by atoms with Crippen LogP contribution in [0.3, 0.4) is 0 Å². The van der Waals surface area contributed by atoms with Crippen LogP contribution in [0.15, 0.2) is 84.3 Å². The third-order valence-electron chi connectivity index (χ3n) is 7.04. The molecule has 1 N–H and O–H groups in total. The van der Waals surface area contributed by atoms with Gasteiger partial charge in [0.1, 0.15) is 0 Å². The van der Waals surface area contributed by atoms with Crippen LogP contribution in [-0.2, 0) is 16.0 Å². The molecule has 1 saturated heterocycles. The molecule has 0 aliphatic carbocycles. The van der Waals surface area contributed by atoms with Crippen LogP contribution in [0.4, 0.5) is 0 Å². The van der Waals surface area contributed by atoms with E-state index in [-0.39, 0.29) is 29.4 Å². The van der Waals surface area contributed by atoms with Gasteiger partial charge in [0, 0.05) is 29.3 Å². The summed E-state index contributed by atoms with van der Waals surface area (Å²) >= 11 is 1.72. The minimum absolute atomic E-state index is 0.0689. The van der Waals surface area contributed by atoms with Gasteiger partial charge in [-0.15, -0.1) is 18.3 Å². The van der Waals surface area contributed by atoms with Gasteiger partial charge in [0.25, 0.3) is 0 Å². The fraction of sp³-hybridized carbons (Fsp3) is 0.379. The molecule has 178 valence electrons. The van der Waals surface area contributed by atoms with Crippen LogP contribution in [0.2, 0.25) is 0 Å². The maximum Gasteiger partial charge on any atom is 0.223 e. The zero-order chi connectivity index (χ0) is 24.0. The van der Waals surface area contributed by atoms with Crippen molar-refractivity contribution in [3.63, 3.8) is 0 Å². The second-order valence-corrected chi connectivity index (χ2v) is 10.2. The Labute approximate surface area is 207 Å². The molecule has 0 aromatic heterocycles. The molecule has 0 bridgehead atoms. The number of nitrogens with zero attached hydrogens (tertiary/aromatic N) is 1. The summed E-state index contributed by atoms with van der Waals surface area (Å²) in [6, 6.07) is 18.8. The molecule has 2 aliphatic rings. The van der Waals surface area contributed by atoms with Crippen molar-refractivity contribution in [3.05, 3.63) is 90.5 Å². The minimum Gasteiger partial charge on any atom is -0.350 e. The number of carbonyl (C=O) groups is 2. The third-order valence-corrected chi connectivity index (χ3v) is 7.79. The zero-order valence-corrected chi connectivity index (χ0v) is 20.7. The van der Waals surface area contributed by atoms with Crippen molar-refractivity contribution in [3.8, 4) is 0 Å². The fourth-order valence-corrected chi connectivity index (χ4v) is 5.68. The second kappa shape index (κ2) is 11.1. The van der Waals surface area contributed by atoms with Crippen LogP contribution in [0.25, 0.3) is 0 Å². The number of benzene rings is 2. The van der Waals surface area contributed by atoms with E-state index in [1.165, 1.54) is 10.5 Å². The third kappa shape index (κ3) is 5.64. The monoisotopic (exact) mass is 474 g/mol. The lowest BCUT2D eigenvalue weighted by Gasteiger charge is -2.40. The lowest BCUT2D eigenvalue weighted by molar-refractivity contribution is -0.136. The molecule has 2 aromatic rings. The number of thioether (sulfide) groups is 1. The maximum absolute atomic E-state index is 13.7. The molecule has 0 spiro atoms. The van der Waals surface area contributed by atoms with Crippen molar-refractivity contribution in [2.75, 3.05) is 6.26 Å².